The summed E-state index contributed by atoms with van der Waals surface area (Å²) in [4.78, 5) is 0. The van der Waals surface area contributed by atoms with Crippen LogP contribution >= 0.6 is 23.2 Å². The minimum Gasteiger partial charge on any atom is -0.492 e. The molecule has 0 heterocycles. The summed E-state index contributed by atoms with van der Waals surface area (Å²) in [7, 11) is 0. The van der Waals surface area contributed by atoms with Crippen LogP contribution < -0.4 is 10.1 Å². The van der Waals surface area contributed by atoms with E-state index in [-0.39, 0.29) is 5.54 Å². The molecule has 0 spiro atoms. The molecule has 120 valence electrons. The summed E-state index contributed by atoms with van der Waals surface area (Å²) in [6.45, 7) is 10.8. The fourth-order valence-corrected chi connectivity index (χ4v) is 2.26. The molecule has 0 unspecified atom stereocenters. The number of nitrogens with one attached hydrogen (secondary N) is 1. The number of aliphatic hydroxyl groups is 1. The van der Waals surface area contributed by atoms with Gasteiger partial charge in [0, 0.05) is 29.1 Å². The van der Waals surface area contributed by atoms with E-state index in [4.69, 9.17) is 27.9 Å². The van der Waals surface area contributed by atoms with Crippen LogP contribution in [0.15, 0.2) is 12.1 Å². The molecule has 1 aromatic carbocycles. The third-order valence-electron chi connectivity index (χ3n) is 2.85. The predicted molar refractivity (Wildman–Crippen MR) is 89.5 cm³/mol. The van der Waals surface area contributed by atoms with Gasteiger partial charge in [-0.1, -0.05) is 23.2 Å². The zero-order chi connectivity index (χ0) is 16.3. The summed E-state index contributed by atoms with van der Waals surface area (Å²) in [5.74, 6) is 0.627. The Labute approximate surface area is 137 Å². The van der Waals surface area contributed by atoms with E-state index in [0.29, 0.717) is 35.4 Å². The minimum atomic E-state index is -0.761. The smallest absolute Gasteiger partial charge is 0.142 e. The summed E-state index contributed by atoms with van der Waals surface area (Å²) in [5.41, 5.74) is 0.139. The van der Waals surface area contributed by atoms with Gasteiger partial charge in [-0.25, -0.2) is 0 Å². The zero-order valence-corrected chi connectivity index (χ0v) is 14.9. The van der Waals surface area contributed by atoms with Gasteiger partial charge in [-0.05, 0) is 46.8 Å². The van der Waals surface area contributed by atoms with Gasteiger partial charge in [0.15, 0.2) is 0 Å². The normalized spacial score (nSPS) is 12.6. The third kappa shape index (κ3) is 7.37. The molecule has 3 nitrogen and oxygen atoms in total. The van der Waals surface area contributed by atoms with E-state index in [2.05, 4.69) is 26.1 Å². The number of hydrogen-bond acceptors (Lipinski definition) is 3. The maximum atomic E-state index is 9.74. The Balaban J connectivity index is 2.85. The van der Waals surface area contributed by atoms with Crippen LogP contribution in [0.2, 0.25) is 10.0 Å². The molecule has 1 aromatic rings. The first-order chi connectivity index (χ1) is 9.48. The molecule has 0 aliphatic carbocycles. The number of ether oxygens (including phenoxy) is 1. The standard InChI is InChI=1S/C16H25Cl2NO2/c1-15(2,3)19-10-11-8-12(17)9-13(18)14(11)21-7-6-16(4,5)20/h8-9,19-20H,6-7,10H2,1-5H3. The Hall–Kier alpha value is -0.480. The van der Waals surface area contributed by atoms with Crippen LogP contribution in [0.1, 0.15) is 46.6 Å². The summed E-state index contributed by atoms with van der Waals surface area (Å²) in [6.07, 6.45) is 0.526. The number of halogens is 2. The van der Waals surface area contributed by atoms with E-state index in [1.54, 1.807) is 19.9 Å². The van der Waals surface area contributed by atoms with E-state index in [0.717, 1.165) is 5.56 Å². The molecule has 0 saturated carbocycles. The number of hydrogen-bond donors (Lipinski definition) is 2. The van der Waals surface area contributed by atoms with Crippen LogP contribution in [0.4, 0.5) is 0 Å². The first-order valence-electron chi connectivity index (χ1n) is 7.06. The van der Waals surface area contributed by atoms with Crippen LogP contribution in [-0.2, 0) is 6.54 Å². The molecule has 0 aliphatic rings. The van der Waals surface area contributed by atoms with Crippen molar-refractivity contribution in [2.24, 2.45) is 0 Å². The second kappa shape index (κ2) is 7.19. The van der Waals surface area contributed by atoms with Gasteiger partial charge in [-0.15, -0.1) is 0 Å². The van der Waals surface area contributed by atoms with Crippen molar-refractivity contribution in [3.05, 3.63) is 27.7 Å². The minimum absolute atomic E-state index is 0.0147. The maximum Gasteiger partial charge on any atom is 0.142 e. The maximum absolute atomic E-state index is 9.74. The largest absolute Gasteiger partial charge is 0.492 e. The Morgan fingerprint density at radius 1 is 1.14 bits per heavy atom. The van der Waals surface area contributed by atoms with E-state index >= 15 is 0 Å². The monoisotopic (exact) mass is 333 g/mol. The molecule has 5 heteroatoms. The van der Waals surface area contributed by atoms with E-state index in [1.807, 2.05) is 6.07 Å². The molecule has 0 radical (unpaired) electrons. The highest BCUT2D eigenvalue weighted by Gasteiger charge is 2.17. The highest BCUT2D eigenvalue weighted by Crippen LogP contribution is 2.33. The van der Waals surface area contributed by atoms with Crippen LogP contribution in [0, 0.1) is 0 Å². The van der Waals surface area contributed by atoms with E-state index in [1.165, 1.54) is 0 Å². The Bertz CT molecular complexity index is 476. The first-order valence-corrected chi connectivity index (χ1v) is 7.82. The van der Waals surface area contributed by atoms with Crippen molar-refractivity contribution >= 4 is 23.2 Å². The molecule has 0 amide bonds. The Kier molecular flexibility index (Phi) is 6.36. The fourth-order valence-electron chi connectivity index (χ4n) is 1.67. The lowest BCUT2D eigenvalue weighted by atomic mass is 10.1. The summed E-state index contributed by atoms with van der Waals surface area (Å²) >= 11 is 12.3. The van der Waals surface area contributed by atoms with Crippen molar-refractivity contribution in [3.8, 4) is 5.75 Å². The predicted octanol–water partition coefficient (Wildman–Crippen LogP) is 4.42. The second-order valence-electron chi connectivity index (χ2n) is 6.89. The summed E-state index contributed by atoms with van der Waals surface area (Å²) in [6, 6.07) is 3.52. The Morgan fingerprint density at radius 2 is 1.76 bits per heavy atom. The quantitative estimate of drug-likeness (QED) is 0.809. The lowest BCUT2D eigenvalue weighted by Crippen LogP contribution is -2.35. The third-order valence-corrected chi connectivity index (χ3v) is 3.35. The Morgan fingerprint density at radius 3 is 2.29 bits per heavy atom. The second-order valence-corrected chi connectivity index (χ2v) is 7.73. The van der Waals surface area contributed by atoms with Crippen molar-refractivity contribution in [2.45, 2.75) is 58.7 Å². The van der Waals surface area contributed by atoms with E-state index < -0.39 is 5.60 Å². The number of rotatable bonds is 6. The first kappa shape index (κ1) is 18.6. The molecule has 2 N–H and O–H groups in total. The van der Waals surface area contributed by atoms with Crippen molar-refractivity contribution < 1.29 is 9.84 Å². The molecule has 0 saturated heterocycles. The summed E-state index contributed by atoms with van der Waals surface area (Å²) < 4.78 is 5.77. The van der Waals surface area contributed by atoms with Gasteiger partial charge in [0.2, 0.25) is 0 Å². The van der Waals surface area contributed by atoms with Crippen LogP contribution in [0.25, 0.3) is 0 Å². The van der Waals surface area contributed by atoms with Crippen LogP contribution in [-0.4, -0.2) is 22.9 Å². The average molecular weight is 334 g/mol. The van der Waals surface area contributed by atoms with Gasteiger partial charge in [-0.2, -0.15) is 0 Å². The van der Waals surface area contributed by atoms with Crippen molar-refractivity contribution in [2.75, 3.05) is 6.61 Å². The van der Waals surface area contributed by atoms with Gasteiger partial charge >= 0.3 is 0 Å². The highest BCUT2D eigenvalue weighted by molar-refractivity contribution is 6.35. The molecular weight excluding hydrogens is 309 g/mol. The van der Waals surface area contributed by atoms with Crippen molar-refractivity contribution in [1.82, 2.24) is 5.32 Å². The van der Waals surface area contributed by atoms with Gasteiger partial charge in [-0.3, -0.25) is 0 Å². The molecule has 0 fully saturated rings. The lowest BCUT2D eigenvalue weighted by molar-refractivity contribution is 0.0552. The molecule has 0 aliphatic heterocycles. The van der Waals surface area contributed by atoms with Gasteiger partial charge in [0.25, 0.3) is 0 Å². The lowest BCUT2D eigenvalue weighted by Gasteiger charge is -2.23. The van der Waals surface area contributed by atoms with Crippen LogP contribution in [0.5, 0.6) is 5.75 Å². The molecule has 0 aromatic heterocycles. The zero-order valence-electron chi connectivity index (χ0n) is 13.4. The highest BCUT2D eigenvalue weighted by atomic mass is 35.5. The number of benzene rings is 1. The van der Waals surface area contributed by atoms with Gasteiger partial charge in [0.05, 0.1) is 17.2 Å². The fraction of sp³-hybridized carbons (Fsp3) is 0.625. The van der Waals surface area contributed by atoms with Crippen molar-refractivity contribution in [1.29, 1.82) is 0 Å². The van der Waals surface area contributed by atoms with Crippen molar-refractivity contribution in [3.63, 3.8) is 0 Å². The van der Waals surface area contributed by atoms with E-state index in [9.17, 15) is 5.11 Å². The van der Waals surface area contributed by atoms with Gasteiger partial charge < -0.3 is 15.2 Å². The molecule has 0 atom stereocenters. The van der Waals surface area contributed by atoms with Gasteiger partial charge in [0.1, 0.15) is 5.75 Å². The molecule has 0 bridgehead atoms. The topological polar surface area (TPSA) is 41.5 Å². The summed E-state index contributed by atoms with van der Waals surface area (Å²) in [5, 5.41) is 14.2. The SMILES string of the molecule is CC(C)(O)CCOc1c(Cl)cc(Cl)cc1CNC(C)(C)C. The van der Waals surface area contributed by atoms with Crippen LogP contribution in [0.3, 0.4) is 0 Å². The molecule has 1 rings (SSSR count). The average Bonchev–Trinajstić information content (AvgIpc) is 2.26. The molecule has 21 heavy (non-hydrogen) atoms. The molecular formula is C16H25Cl2NO2.